The lowest BCUT2D eigenvalue weighted by Gasteiger charge is -2.26. The number of nitrogens with one attached hydrogen (secondary N) is 1. The van der Waals surface area contributed by atoms with Gasteiger partial charge in [-0.05, 0) is 24.3 Å². The summed E-state index contributed by atoms with van der Waals surface area (Å²) in [6.07, 6.45) is 1.58. The average molecular weight is 440 g/mol. The number of anilines is 2. The largest absolute Gasteiger partial charge is 0.424 e. The molecule has 1 fully saturated rings. The molecule has 3 heterocycles. The van der Waals surface area contributed by atoms with E-state index in [1.165, 1.54) is 16.2 Å². The van der Waals surface area contributed by atoms with E-state index in [0.29, 0.717) is 46.2 Å². The molecule has 2 aromatic heterocycles. The lowest BCUT2D eigenvalue weighted by atomic mass is 10.2. The van der Waals surface area contributed by atoms with Gasteiger partial charge in [-0.3, -0.25) is 9.59 Å². The summed E-state index contributed by atoms with van der Waals surface area (Å²) in [4.78, 5) is 45.1. The molecule has 3 aromatic rings. The molecule has 0 spiro atoms. The molecule has 1 aliphatic rings. The lowest BCUT2D eigenvalue weighted by molar-refractivity contribution is -0.120. The molecular weight excluding hydrogens is 420 g/mol. The van der Waals surface area contributed by atoms with E-state index in [1.54, 1.807) is 49.5 Å². The summed E-state index contributed by atoms with van der Waals surface area (Å²) in [7, 11) is 3.38. The number of amides is 2. The van der Waals surface area contributed by atoms with E-state index in [-0.39, 0.29) is 24.4 Å². The van der Waals surface area contributed by atoms with Gasteiger partial charge in [0.2, 0.25) is 11.9 Å². The number of rotatable bonds is 5. The monoisotopic (exact) mass is 440 g/mol. The molecule has 2 amide bonds. The molecule has 0 saturated carbocycles. The minimum atomic E-state index is -0.112. The highest BCUT2D eigenvalue weighted by molar-refractivity contribution is 7.18. The van der Waals surface area contributed by atoms with Crippen molar-refractivity contribution in [2.45, 2.75) is 0 Å². The Balaban J connectivity index is 1.65. The van der Waals surface area contributed by atoms with Crippen molar-refractivity contribution in [2.75, 3.05) is 44.4 Å². The third-order valence-corrected chi connectivity index (χ3v) is 5.21. The van der Waals surface area contributed by atoms with Crippen molar-refractivity contribution in [3.8, 4) is 22.5 Å². The fourth-order valence-corrected chi connectivity index (χ4v) is 3.49. The summed E-state index contributed by atoms with van der Waals surface area (Å²) in [5.41, 5.74) is 6.28. The zero-order chi connectivity index (χ0) is 22.0. The first-order valence-electron chi connectivity index (χ1n) is 9.38. The fraction of sp³-hybridized carbons (Fsp3) is 0.263. The van der Waals surface area contributed by atoms with E-state index >= 15 is 0 Å². The highest BCUT2D eigenvalue weighted by Gasteiger charge is 2.22. The number of carbonyl (C=O) groups excluding carboxylic acids is 2. The van der Waals surface area contributed by atoms with Gasteiger partial charge in [0.1, 0.15) is 5.75 Å². The molecule has 3 N–H and O–H groups in total. The number of carbonyl (C=O) groups is 2. The Hall–Kier alpha value is -3.80. The number of hydrogen-bond acceptors (Lipinski definition) is 10. The molecule has 31 heavy (non-hydrogen) atoms. The predicted octanol–water partition coefficient (Wildman–Crippen LogP) is 1.01. The van der Waals surface area contributed by atoms with Crippen LogP contribution in [0.5, 0.6) is 11.8 Å². The molecule has 11 nitrogen and oxygen atoms in total. The topological polar surface area (TPSA) is 139 Å². The second kappa shape index (κ2) is 8.52. The summed E-state index contributed by atoms with van der Waals surface area (Å²) in [5.74, 6) is 0.903. The maximum absolute atomic E-state index is 12.1. The van der Waals surface area contributed by atoms with Crippen LogP contribution in [-0.4, -0.2) is 70.4 Å². The molecule has 12 heteroatoms. The second-order valence-electron chi connectivity index (χ2n) is 6.90. The SMILES string of the molecule is CN(C)C(=O)c1ccc(Oc2nc(-c3cnc(N)s3)nc(N3CCNC(=O)C3)n2)cc1. The van der Waals surface area contributed by atoms with Gasteiger partial charge in [-0.1, -0.05) is 11.3 Å². The van der Waals surface area contributed by atoms with Crippen LogP contribution in [0.2, 0.25) is 0 Å². The summed E-state index contributed by atoms with van der Waals surface area (Å²) >= 11 is 1.24. The standard InChI is InChI=1S/C19H20N8O3S/c1-26(2)16(29)11-3-5-12(6-4-11)30-19-24-15(13-9-22-17(20)31-13)23-18(25-19)27-8-7-21-14(28)10-27/h3-6,9H,7-8,10H2,1-2H3,(H2,20,22)(H,21,28). The van der Waals surface area contributed by atoms with Gasteiger partial charge in [-0.25, -0.2) is 4.98 Å². The van der Waals surface area contributed by atoms with Crippen LogP contribution in [0.25, 0.3) is 10.7 Å². The van der Waals surface area contributed by atoms with Crippen molar-refractivity contribution in [1.82, 2.24) is 30.2 Å². The fourth-order valence-electron chi connectivity index (χ4n) is 2.87. The van der Waals surface area contributed by atoms with Gasteiger partial charge in [0.05, 0.1) is 17.6 Å². The van der Waals surface area contributed by atoms with Gasteiger partial charge in [-0.2, -0.15) is 15.0 Å². The zero-order valence-electron chi connectivity index (χ0n) is 16.9. The van der Waals surface area contributed by atoms with Crippen LogP contribution in [0.4, 0.5) is 11.1 Å². The Morgan fingerprint density at radius 3 is 2.65 bits per heavy atom. The molecule has 0 bridgehead atoms. The Bertz CT molecular complexity index is 1120. The lowest BCUT2D eigenvalue weighted by Crippen LogP contribution is -2.48. The number of nitrogen functional groups attached to an aromatic ring is 1. The number of thiazole rings is 1. The summed E-state index contributed by atoms with van der Waals surface area (Å²) in [5, 5.41) is 3.16. The third kappa shape index (κ3) is 4.69. The summed E-state index contributed by atoms with van der Waals surface area (Å²) in [6.45, 7) is 1.18. The average Bonchev–Trinajstić information content (AvgIpc) is 3.20. The van der Waals surface area contributed by atoms with E-state index in [1.807, 2.05) is 0 Å². The van der Waals surface area contributed by atoms with Crippen LogP contribution in [-0.2, 0) is 4.79 Å². The van der Waals surface area contributed by atoms with E-state index in [9.17, 15) is 9.59 Å². The Kier molecular flexibility index (Phi) is 5.62. The zero-order valence-corrected chi connectivity index (χ0v) is 17.7. The number of hydrogen-bond donors (Lipinski definition) is 2. The van der Waals surface area contributed by atoms with Gasteiger partial charge in [0, 0.05) is 32.7 Å². The van der Waals surface area contributed by atoms with E-state index in [4.69, 9.17) is 10.5 Å². The van der Waals surface area contributed by atoms with Gasteiger partial charge >= 0.3 is 6.01 Å². The highest BCUT2D eigenvalue weighted by atomic mass is 32.1. The van der Waals surface area contributed by atoms with Crippen molar-refractivity contribution in [1.29, 1.82) is 0 Å². The van der Waals surface area contributed by atoms with Crippen LogP contribution in [0.1, 0.15) is 10.4 Å². The summed E-state index contributed by atoms with van der Waals surface area (Å²) < 4.78 is 5.84. The van der Waals surface area contributed by atoms with E-state index < -0.39 is 0 Å². The van der Waals surface area contributed by atoms with Gasteiger partial charge < -0.3 is 25.6 Å². The third-order valence-electron chi connectivity index (χ3n) is 4.38. The summed E-state index contributed by atoms with van der Waals surface area (Å²) in [6, 6.07) is 6.72. The van der Waals surface area contributed by atoms with Crippen LogP contribution in [0, 0.1) is 0 Å². The smallest absolute Gasteiger partial charge is 0.327 e. The van der Waals surface area contributed by atoms with Crippen molar-refractivity contribution in [2.24, 2.45) is 0 Å². The predicted molar refractivity (Wildman–Crippen MR) is 115 cm³/mol. The molecule has 0 unspecified atom stereocenters. The maximum Gasteiger partial charge on any atom is 0.327 e. The van der Waals surface area contributed by atoms with Crippen LogP contribution in [0.15, 0.2) is 30.5 Å². The Morgan fingerprint density at radius 2 is 2.00 bits per heavy atom. The molecule has 160 valence electrons. The van der Waals surface area contributed by atoms with Crippen molar-refractivity contribution >= 4 is 34.2 Å². The molecule has 0 aliphatic carbocycles. The normalized spacial score (nSPS) is 13.6. The number of nitrogens with two attached hydrogens (primary N) is 1. The first kappa shape index (κ1) is 20.5. The van der Waals surface area contributed by atoms with Gasteiger partial charge in [0.15, 0.2) is 11.0 Å². The molecule has 4 rings (SSSR count). The van der Waals surface area contributed by atoms with Gasteiger partial charge in [-0.15, -0.1) is 0 Å². The van der Waals surface area contributed by atoms with Crippen LogP contribution < -0.4 is 20.7 Å². The van der Waals surface area contributed by atoms with Crippen molar-refractivity contribution < 1.29 is 14.3 Å². The number of ether oxygens (including phenoxy) is 1. The maximum atomic E-state index is 12.1. The molecule has 1 saturated heterocycles. The quantitative estimate of drug-likeness (QED) is 0.595. The first-order chi connectivity index (χ1) is 14.9. The molecule has 0 atom stereocenters. The first-order valence-corrected chi connectivity index (χ1v) is 10.2. The van der Waals surface area contributed by atoms with Gasteiger partial charge in [0.25, 0.3) is 5.91 Å². The van der Waals surface area contributed by atoms with Crippen LogP contribution in [0.3, 0.4) is 0 Å². The Labute approximate surface area is 181 Å². The number of benzene rings is 1. The molecule has 1 aromatic carbocycles. The van der Waals surface area contributed by atoms with E-state index in [2.05, 4.69) is 25.3 Å². The van der Waals surface area contributed by atoms with Crippen LogP contribution >= 0.6 is 11.3 Å². The Morgan fingerprint density at radius 1 is 1.23 bits per heavy atom. The highest BCUT2D eigenvalue weighted by Crippen LogP contribution is 2.28. The molecule has 1 aliphatic heterocycles. The number of piperazine rings is 1. The van der Waals surface area contributed by atoms with Crippen molar-refractivity contribution in [3.63, 3.8) is 0 Å². The minimum Gasteiger partial charge on any atom is -0.424 e. The number of aromatic nitrogens is 4. The molecule has 0 radical (unpaired) electrons. The van der Waals surface area contributed by atoms with Crippen molar-refractivity contribution in [3.05, 3.63) is 36.0 Å². The molecular formula is C19H20N8O3S. The number of nitrogens with zero attached hydrogens (tertiary/aromatic N) is 6. The minimum absolute atomic E-state index is 0.0599. The van der Waals surface area contributed by atoms with E-state index in [0.717, 1.165) is 0 Å². The second-order valence-corrected chi connectivity index (χ2v) is 7.96.